The lowest BCUT2D eigenvalue weighted by molar-refractivity contribution is -0.940. The Morgan fingerprint density at radius 1 is 1.15 bits per heavy atom. The highest BCUT2D eigenvalue weighted by Crippen LogP contribution is 2.29. The zero-order chi connectivity index (χ0) is 19.1. The Hall–Kier alpha value is -1.75. The molecule has 2 aliphatic rings. The van der Waals surface area contributed by atoms with E-state index in [1.54, 1.807) is 30.2 Å². The van der Waals surface area contributed by atoms with Crippen molar-refractivity contribution in [1.82, 2.24) is 0 Å². The number of nitrogens with one attached hydrogen (secondary N) is 1. The summed E-state index contributed by atoms with van der Waals surface area (Å²) in [5.74, 6) is 1.49. The smallest absolute Gasteiger partial charge is 0.338 e. The van der Waals surface area contributed by atoms with Crippen LogP contribution in [-0.4, -0.2) is 45.4 Å². The first-order valence-corrected chi connectivity index (χ1v) is 10.6. The highest BCUT2D eigenvalue weighted by atomic mass is 16.5. The molecule has 0 aliphatic carbocycles. The van der Waals surface area contributed by atoms with Crippen LogP contribution in [0.3, 0.4) is 0 Å². The predicted molar refractivity (Wildman–Crippen MR) is 105 cm³/mol. The van der Waals surface area contributed by atoms with Crippen LogP contribution in [0.4, 0.5) is 0 Å². The molecular formula is C22H34NO4+. The molecule has 1 unspecified atom stereocenters. The van der Waals surface area contributed by atoms with Crippen LogP contribution in [0.25, 0.3) is 0 Å². The topological polar surface area (TPSA) is 49.2 Å². The van der Waals surface area contributed by atoms with Gasteiger partial charge in [0.1, 0.15) is 6.61 Å². The fourth-order valence-corrected chi connectivity index (χ4v) is 4.48. The number of esters is 1. The van der Waals surface area contributed by atoms with Gasteiger partial charge in [-0.1, -0.05) is 13.3 Å². The van der Waals surface area contributed by atoms with Crippen molar-refractivity contribution in [3.8, 4) is 11.5 Å². The number of methoxy groups -OCH3 is 1. The van der Waals surface area contributed by atoms with E-state index in [1.807, 2.05) is 0 Å². The summed E-state index contributed by atoms with van der Waals surface area (Å²) in [6.07, 6.45) is 8.42. The summed E-state index contributed by atoms with van der Waals surface area (Å²) in [7, 11) is 1.60. The number of fused-ring (bicyclic) bond motifs is 1. The fourth-order valence-electron chi connectivity index (χ4n) is 4.48. The van der Waals surface area contributed by atoms with Gasteiger partial charge in [0.2, 0.25) is 0 Å². The molecule has 0 spiro atoms. The van der Waals surface area contributed by atoms with Crippen molar-refractivity contribution in [2.24, 2.45) is 5.92 Å². The number of benzene rings is 1. The number of carbonyl (C=O) groups is 1. The third-order valence-electron chi connectivity index (χ3n) is 6.01. The number of unbranched alkanes of at least 4 members (excludes halogenated alkanes) is 1. The van der Waals surface area contributed by atoms with Gasteiger partial charge in [-0.2, -0.15) is 0 Å². The Morgan fingerprint density at radius 2 is 2.00 bits per heavy atom. The second-order valence-corrected chi connectivity index (χ2v) is 7.83. The van der Waals surface area contributed by atoms with Crippen LogP contribution >= 0.6 is 0 Å². The Kier molecular flexibility index (Phi) is 7.39. The van der Waals surface area contributed by atoms with Gasteiger partial charge in [0.25, 0.3) is 0 Å². The Balaban J connectivity index is 1.57. The molecule has 1 aromatic rings. The number of hydrogen-bond donors (Lipinski definition) is 1. The zero-order valence-electron chi connectivity index (χ0n) is 16.8. The van der Waals surface area contributed by atoms with Gasteiger partial charge < -0.3 is 19.1 Å². The fraction of sp³-hybridized carbons (Fsp3) is 0.682. The van der Waals surface area contributed by atoms with Crippen molar-refractivity contribution < 1.29 is 23.9 Å². The van der Waals surface area contributed by atoms with E-state index in [1.165, 1.54) is 45.2 Å². The van der Waals surface area contributed by atoms with E-state index in [4.69, 9.17) is 14.2 Å². The van der Waals surface area contributed by atoms with Crippen molar-refractivity contribution in [3.05, 3.63) is 23.8 Å². The zero-order valence-corrected chi connectivity index (χ0v) is 16.8. The largest absolute Gasteiger partial charge is 0.493 e. The third kappa shape index (κ3) is 5.16. The summed E-state index contributed by atoms with van der Waals surface area (Å²) < 4.78 is 16.8. The normalized spacial score (nSPS) is 24.7. The summed E-state index contributed by atoms with van der Waals surface area (Å²) >= 11 is 0. The third-order valence-corrected chi connectivity index (χ3v) is 6.01. The molecule has 2 heterocycles. The molecule has 5 heteroatoms. The van der Waals surface area contributed by atoms with Crippen LogP contribution in [0.2, 0.25) is 0 Å². The van der Waals surface area contributed by atoms with E-state index in [0.29, 0.717) is 42.2 Å². The molecule has 0 radical (unpaired) electrons. The number of quaternary nitrogens is 1. The van der Waals surface area contributed by atoms with Crippen LogP contribution in [-0.2, 0) is 4.74 Å². The molecule has 0 bridgehead atoms. The Labute approximate surface area is 163 Å². The molecule has 1 aromatic carbocycles. The van der Waals surface area contributed by atoms with E-state index < -0.39 is 0 Å². The summed E-state index contributed by atoms with van der Waals surface area (Å²) in [6, 6.07) is 5.97. The average Bonchev–Trinajstić information content (AvgIpc) is 2.72. The van der Waals surface area contributed by atoms with E-state index >= 15 is 0 Å². The molecule has 0 aromatic heterocycles. The summed E-state index contributed by atoms with van der Waals surface area (Å²) in [5.41, 5.74) is 0.526. The van der Waals surface area contributed by atoms with Crippen molar-refractivity contribution in [2.75, 3.05) is 33.4 Å². The van der Waals surface area contributed by atoms with Gasteiger partial charge in [-0.25, -0.2) is 4.79 Å². The molecule has 0 saturated carbocycles. The van der Waals surface area contributed by atoms with Gasteiger partial charge in [-0.15, -0.1) is 0 Å². The van der Waals surface area contributed by atoms with Gasteiger partial charge >= 0.3 is 5.97 Å². The molecule has 150 valence electrons. The second-order valence-electron chi connectivity index (χ2n) is 7.83. The number of carbonyl (C=O) groups excluding carboxylic acids is 1. The minimum Gasteiger partial charge on any atom is -0.493 e. The van der Waals surface area contributed by atoms with Crippen LogP contribution in [0.1, 0.15) is 62.2 Å². The first kappa shape index (κ1) is 20.0. The first-order chi connectivity index (χ1) is 13.2. The van der Waals surface area contributed by atoms with Gasteiger partial charge in [0, 0.05) is 5.92 Å². The number of piperidine rings is 2. The number of hydrogen-bond acceptors (Lipinski definition) is 4. The van der Waals surface area contributed by atoms with Crippen molar-refractivity contribution in [1.29, 1.82) is 0 Å². The lowest BCUT2D eigenvalue weighted by Gasteiger charge is -2.40. The minimum absolute atomic E-state index is 0.267. The van der Waals surface area contributed by atoms with E-state index in [0.717, 1.165) is 12.8 Å². The lowest BCUT2D eigenvalue weighted by Crippen LogP contribution is -3.18. The van der Waals surface area contributed by atoms with Crippen LogP contribution < -0.4 is 14.4 Å². The van der Waals surface area contributed by atoms with Crippen molar-refractivity contribution in [3.63, 3.8) is 0 Å². The van der Waals surface area contributed by atoms with Crippen molar-refractivity contribution in [2.45, 2.75) is 57.9 Å². The van der Waals surface area contributed by atoms with E-state index in [2.05, 4.69) is 6.92 Å². The highest BCUT2D eigenvalue weighted by molar-refractivity contribution is 5.90. The predicted octanol–water partition coefficient (Wildman–Crippen LogP) is 2.88. The van der Waals surface area contributed by atoms with Gasteiger partial charge in [-0.05, 0) is 56.7 Å². The monoisotopic (exact) mass is 376 g/mol. The maximum absolute atomic E-state index is 12.6. The molecule has 2 saturated heterocycles. The average molecular weight is 377 g/mol. The molecule has 2 aliphatic heterocycles. The van der Waals surface area contributed by atoms with Gasteiger partial charge in [0.15, 0.2) is 11.5 Å². The SMILES string of the molecule is CCCCOc1ccc(C(=O)OC[C@@H]2CCC[NH+]3CCCC[C@H]23)cc1OC. The first-order valence-electron chi connectivity index (χ1n) is 10.6. The highest BCUT2D eigenvalue weighted by Gasteiger charge is 2.37. The quantitative estimate of drug-likeness (QED) is 0.560. The lowest BCUT2D eigenvalue weighted by atomic mass is 9.84. The molecule has 1 N–H and O–H groups in total. The summed E-state index contributed by atoms with van der Waals surface area (Å²) in [5, 5.41) is 0. The molecule has 0 amide bonds. The second kappa shape index (κ2) is 9.98. The molecule has 3 rings (SSSR count). The Bertz CT molecular complexity index is 616. The van der Waals surface area contributed by atoms with Crippen molar-refractivity contribution >= 4 is 5.97 Å². The Morgan fingerprint density at radius 3 is 2.81 bits per heavy atom. The van der Waals surface area contributed by atoms with Crippen LogP contribution in [0.5, 0.6) is 11.5 Å². The summed E-state index contributed by atoms with van der Waals surface area (Å²) in [4.78, 5) is 14.3. The molecule has 2 fully saturated rings. The molecule has 3 atom stereocenters. The molecule has 5 nitrogen and oxygen atoms in total. The van der Waals surface area contributed by atoms with E-state index in [9.17, 15) is 4.79 Å². The maximum Gasteiger partial charge on any atom is 0.338 e. The number of ether oxygens (including phenoxy) is 3. The van der Waals surface area contributed by atoms with Crippen LogP contribution in [0, 0.1) is 5.92 Å². The standard InChI is InChI=1S/C22H33NO4/c1-3-4-14-26-20-11-10-17(15-21(20)25-2)22(24)27-16-18-8-7-13-23-12-6-5-9-19(18)23/h10-11,15,18-19H,3-9,12-14,16H2,1-2H3/p+1/t18-,19+/m0/s1. The van der Waals surface area contributed by atoms with Gasteiger partial charge in [0.05, 0.1) is 38.4 Å². The number of rotatable bonds is 8. The minimum atomic E-state index is -0.267. The molecule has 27 heavy (non-hydrogen) atoms. The maximum atomic E-state index is 12.6. The van der Waals surface area contributed by atoms with Gasteiger partial charge in [-0.3, -0.25) is 0 Å². The summed E-state index contributed by atoms with van der Waals surface area (Å²) in [6.45, 7) is 5.88. The van der Waals surface area contributed by atoms with E-state index in [-0.39, 0.29) is 5.97 Å². The van der Waals surface area contributed by atoms with Crippen LogP contribution in [0.15, 0.2) is 18.2 Å². The molecular weight excluding hydrogens is 342 g/mol.